The third-order valence-electron chi connectivity index (χ3n) is 13.8. The zero-order valence-corrected chi connectivity index (χ0v) is 76.9. The normalized spacial score (nSPS) is 11.8. The fourth-order valence-corrected chi connectivity index (χ4v) is 29.7. The van der Waals surface area contributed by atoms with E-state index < -0.39 is 81.2 Å². The Morgan fingerprint density at radius 2 is 0.693 bits per heavy atom. The third kappa shape index (κ3) is 59.1. The molecule has 6 aromatic rings. The number of hydroxylamine groups is 2. The largest absolute Gasteiger partial charge is 2.00 e. The molecule has 0 radical (unpaired) electrons. The first-order valence-electron chi connectivity index (χ1n) is 32.9. The van der Waals surface area contributed by atoms with Gasteiger partial charge in [0.15, 0.2) is 14.8 Å². The van der Waals surface area contributed by atoms with E-state index in [9.17, 15) is 19.2 Å². The standard InChI is InChI=1S/C15H19NO5Si.C13H23ClSi2.C12H19NO2Si.C10H15ClSi.C10H16OSi.C7H7.2C3H8Cl2Si.2CH4.ClH.Mg/c1-22(2,10-12-6-4-3-5-7-12)11-20-15(19)21-16-13(17)8-9-14(16)18;1-15(2,12-16(3,4)11-14)10-13-8-6-5-7-9-13;1-13-12(14)15-10-16(2,3)9-11-7-5-4-6-8-11;2*1-12(2,9-11)8-10-6-4-3-5-7-10;1-7-5-3-2-4-6-7;2*1-6(2,5)3-4;;;;/h3-7H,8-11H2,1-2H3;5-9H,10-12H2,1-4H3;4-8H,9-10H2,1-3H3,(H,13,14);3-7H,8-9H2,1-2H3;3-7,11H,8-9H2,1-2H3;2-6H,1H2;2*3H2,1-2H3;2*1H4;1H;/q;;;;;-1;;;;;;+2/p-1. The van der Waals surface area contributed by atoms with E-state index in [2.05, 4.69) is 193 Å². The molecule has 6 aromatic carbocycles. The first-order valence-corrected chi connectivity index (χ1v) is 64.0. The van der Waals surface area contributed by atoms with Crippen molar-refractivity contribution >= 4 is 179 Å². The van der Waals surface area contributed by atoms with E-state index in [1.54, 1.807) is 7.05 Å². The maximum absolute atomic E-state index is 11.6. The summed E-state index contributed by atoms with van der Waals surface area (Å²) in [4.78, 5) is 50.0. The molecule has 0 aromatic heterocycles. The number of alkyl halides is 4. The second-order valence-corrected chi connectivity index (χ2v) is 77.5. The first-order chi connectivity index (χ1) is 45.0. The topological polar surface area (TPSA) is 131 Å². The molecule has 1 fully saturated rings. The number of imide groups is 1. The molecule has 101 heavy (non-hydrogen) atoms. The van der Waals surface area contributed by atoms with E-state index in [4.69, 9.17) is 83.1 Å². The first kappa shape index (κ1) is 107. The number of nitrogens with one attached hydrogen (secondary N) is 1. The molecule has 7 rings (SSSR count). The number of aliphatic hydroxyl groups is 1. The third-order valence-corrected chi connectivity index (χ3v) is 43.6. The Hall–Kier alpha value is -2.64. The van der Waals surface area contributed by atoms with Crippen LogP contribution in [0.5, 0.6) is 0 Å². The molecule has 1 aliphatic rings. The number of hydrogen-bond acceptors (Lipinski definition) is 8. The van der Waals surface area contributed by atoms with Crippen LogP contribution in [-0.4, -0.2) is 168 Å². The molecule has 0 aliphatic carbocycles. The molecule has 26 heteroatoms. The average molecular weight is 1680 g/mol. The maximum atomic E-state index is 11.6. The van der Waals surface area contributed by atoms with Crippen LogP contribution >= 0.6 is 68.6 Å². The van der Waals surface area contributed by atoms with Crippen LogP contribution in [0, 0.1) is 6.92 Å². The number of nitrogens with zero attached hydrogens (tertiary/aromatic N) is 1. The van der Waals surface area contributed by atoms with Crippen LogP contribution in [0.3, 0.4) is 0 Å². The van der Waals surface area contributed by atoms with Crippen LogP contribution in [0.15, 0.2) is 182 Å². The van der Waals surface area contributed by atoms with Gasteiger partial charge in [-0.25, -0.2) is 9.59 Å². The Labute approximate surface area is 672 Å². The van der Waals surface area contributed by atoms with Gasteiger partial charge in [0.2, 0.25) is 0 Å². The number of halogens is 7. The van der Waals surface area contributed by atoms with Crippen molar-refractivity contribution in [2.24, 2.45) is 0 Å². The van der Waals surface area contributed by atoms with Crippen molar-refractivity contribution in [1.29, 1.82) is 0 Å². The molecule has 0 unspecified atom stereocenters. The van der Waals surface area contributed by atoms with E-state index in [0.717, 1.165) is 34.7 Å². The predicted octanol–water partition coefficient (Wildman–Crippen LogP) is 18.6. The summed E-state index contributed by atoms with van der Waals surface area (Å²) < 4.78 is 10.2. The number of carbonyl (C=O) groups excluding carboxylic acids is 4. The van der Waals surface area contributed by atoms with Gasteiger partial charge in [0.05, 0.1) is 52.8 Å². The molecular weight excluding hydrogens is 1550 g/mol. The summed E-state index contributed by atoms with van der Waals surface area (Å²) in [6.45, 7) is 39.3. The van der Waals surface area contributed by atoms with Crippen LogP contribution in [-0.2, 0) is 54.1 Å². The van der Waals surface area contributed by atoms with Gasteiger partial charge in [0, 0.05) is 56.2 Å². The van der Waals surface area contributed by atoms with Gasteiger partial charge in [-0.05, 0) is 30.2 Å². The number of carbonyl (C=O) groups is 4. The van der Waals surface area contributed by atoms with E-state index in [1.165, 1.54) is 45.6 Å². The Morgan fingerprint density at radius 3 is 0.941 bits per heavy atom. The number of aliphatic hydroxyl groups excluding tert-OH is 1. The molecular formula is C75H123Cl7MgN2O8Si8. The van der Waals surface area contributed by atoms with Crippen LogP contribution < -0.4 is 17.7 Å². The minimum absolute atomic E-state index is 0. The summed E-state index contributed by atoms with van der Waals surface area (Å²) >= 11 is 34.3. The SMILES string of the molecule is C.C.CNC(=O)OC[Si](C)(C)Cc1ccccc1.C[Si](C)(CCl)C[Si](C)(C)Cc1ccccc1.C[Si](C)(CCl)Cc1ccccc1.C[Si](C)(CO)Cc1ccccc1.C[Si](C)(COC(=O)ON1C(=O)CCC1=O)Cc1ccccc1.C[Si](C)(Cl)CCl.C[Si](C)(Cl)CCl.[CH2-]c1ccccc1.[Cl-].[Mg+2]. The fourth-order valence-electron chi connectivity index (χ4n) is 9.18. The average Bonchev–Trinajstić information content (AvgIpc) is 1.85. The summed E-state index contributed by atoms with van der Waals surface area (Å²) in [6, 6.07) is 67.5. The Bertz CT molecular complexity index is 3000. The predicted molar refractivity (Wildman–Crippen MR) is 461 cm³/mol. The molecule has 1 aliphatic heterocycles. The number of alkyl carbamates (subject to hydrolysis) is 1. The molecule has 1 saturated heterocycles. The maximum Gasteiger partial charge on any atom is 2.00 e. The van der Waals surface area contributed by atoms with Gasteiger partial charge >= 0.3 is 35.3 Å². The summed E-state index contributed by atoms with van der Waals surface area (Å²) in [5.74, 6) is -1.02. The van der Waals surface area contributed by atoms with Gasteiger partial charge in [-0.2, -0.15) is 46.8 Å². The molecule has 0 saturated carbocycles. The van der Waals surface area contributed by atoms with Crippen LogP contribution in [0.25, 0.3) is 0 Å². The Kier molecular flexibility index (Phi) is 59.0. The van der Waals surface area contributed by atoms with Crippen LogP contribution in [0.4, 0.5) is 9.59 Å². The van der Waals surface area contributed by atoms with E-state index in [-0.39, 0.29) is 75.5 Å². The monoisotopic (exact) mass is 1670 g/mol. The van der Waals surface area contributed by atoms with E-state index >= 15 is 0 Å². The number of amides is 3. The quantitative estimate of drug-likeness (QED) is 0.0172. The second-order valence-electron chi connectivity index (χ2n) is 30.1. The van der Waals surface area contributed by atoms with Crippen molar-refractivity contribution in [2.75, 3.05) is 47.8 Å². The van der Waals surface area contributed by atoms with Gasteiger partial charge in [-0.1, -0.05) is 316 Å². The van der Waals surface area contributed by atoms with Crippen LogP contribution in [0.2, 0.25) is 110 Å². The minimum atomic E-state index is -1.81. The molecule has 0 bridgehead atoms. The molecule has 0 atom stereocenters. The van der Waals surface area contributed by atoms with Crippen LogP contribution in [0.1, 0.15) is 61.1 Å². The minimum Gasteiger partial charge on any atom is -1.00 e. The van der Waals surface area contributed by atoms with Crippen molar-refractivity contribution in [3.05, 3.63) is 222 Å². The van der Waals surface area contributed by atoms with Gasteiger partial charge in [-0.15, -0.1) is 58.5 Å². The Morgan fingerprint density at radius 1 is 0.436 bits per heavy atom. The van der Waals surface area contributed by atoms with Gasteiger partial charge in [-0.3, -0.25) is 14.4 Å². The number of hydrogen-bond donors (Lipinski definition) is 2. The molecule has 564 valence electrons. The smallest absolute Gasteiger partial charge is 1.00 e. The van der Waals surface area contributed by atoms with Gasteiger partial charge in [0.1, 0.15) is 0 Å². The summed E-state index contributed by atoms with van der Waals surface area (Å²) in [5, 5.41) is 12.1. The van der Waals surface area contributed by atoms with Crippen molar-refractivity contribution in [2.45, 2.75) is 168 Å². The summed E-state index contributed by atoms with van der Waals surface area (Å²) in [6.07, 6.45) is -0.00732. The zero-order valence-electron chi connectivity index (χ0n) is 62.2. The molecule has 3 amide bonds. The van der Waals surface area contributed by atoms with E-state index in [1.807, 2.05) is 111 Å². The zero-order chi connectivity index (χ0) is 74.0. The van der Waals surface area contributed by atoms with E-state index in [0.29, 0.717) is 28.5 Å². The number of ether oxygens (including phenoxy) is 2. The summed E-state index contributed by atoms with van der Waals surface area (Å²) in [7, 11) is -9.30. The van der Waals surface area contributed by atoms with Crippen molar-refractivity contribution < 1.29 is 51.0 Å². The van der Waals surface area contributed by atoms with Gasteiger partial charge < -0.3 is 32.3 Å². The van der Waals surface area contributed by atoms with Gasteiger partial charge in [0.25, 0.3) is 11.8 Å². The van der Waals surface area contributed by atoms with Crippen molar-refractivity contribution in [3.63, 3.8) is 0 Å². The number of benzene rings is 6. The number of rotatable bonds is 22. The molecule has 0 spiro atoms. The van der Waals surface area contributed by atoms with Crippen molar-refractivity contribution in [3.8, 4) is 0 Å². The molecule has 2 N–H and O–H groups in total. The molecule has 10 nitrogen and oxygen atoms in total. The summed E-state index contributed by atoms with van der Waals surface area (Å²) in [5.41, 5.74) is 12.3. The Balaban J connectivity index is -0.000000357. The molecule has 1 heterocycles. The van der Waals surface area contributed by atoms with Crippen molar-refractivity contribution in [1.82, 2.24) is 10.4 Å². The second kappa shape index (κ2) is 55.7. The fraction of sp³-hybridized carbons (Fsp3) is 0.453.